The number of benzene rings is 1. The quantitative estimate of drug-likeness (QED) is 0.649. The Hall–Kier alpha value is -1.85. The molecule has 0 aliphatic heterocycles. The molecule has 4 nitrogen and oxygen atoms in total. The van der Waals surface area contributed by atoms with E-state index in [1.54, 1.807) is 28.0 Å². The molecule has 0 spiro atoms. The number of rotatable bonds is 5. The largest absolute Gasteiger partial charge is 0.494 e. The van der Waals surface area contributed by atoms with Crippen molar-refractivity contribution >= 4 is 33.2 Å². The van der Waals surface area contributed by atoms with Gasteiger partial charge < -0.3 is 4.74 Å². The standard InChI is InChI=1S/C17H17ClN2O2S/c1-11-10-15-16(23-11)19-12(2)20(17(15)21)8-3-9-22-14-6-4-13(18)5-7-14/h4-7,10H,3,8-9H2,1-2H3. The summed E-state index contributed by atoms with van der Waals surface area (Å²) in [5.74, 6) is 1.52. The first-order valence-corrected chi connectivity index (χ1v) is 8.60. The van der Waals surface area contributed by atoms with Crippen LogP contribution in [0.15, 0.2) is 35.1 Å². The summed E-state index contributed by atoms with van der Waals surface area (Å²) < 4.78 is 7.38. The minimum atomic E-state index is 0.0309. The van der Waals surface area contributed by atoms with Crippen molar-refractivity contribution in [3.05, 3.63) is 56.4 Å². The molecule has 3 aromatic rings. The van der Waals surface area contributed by atoms with Crippen LogP contribution in [0.4, 0.5) is 0 Å². The predicted molar refractivity (Wildman–Crippen MR) is 94.9 cm³/mol. The van der Waals surface area contributed by atoms with Gasteiger partial charge in [-0.15, -0.1) is 11.3 Å². The number of aryl methyl sites for hydroxylation is 2. The summed E-state index contributed by atoms with van der Waals surface area (Å²) in [6.45, 7) is 4.99. The molecule has 2 heterocycles. The zero-order chi connectivity index (χ0) is 16.4. The van der Waals surface area contributed by atoms with Crippen molar-refractivity contribution < 1.29 is 4.74 Å². The number of thiophene rings is 1. The lowest BCUT2D eigenvalue weighted by molar-refractivity contribution is 0.300. The molecular weight excluding hydrogens is 332 g/mol. The average Bonchev–Trinajstić information content (AvgIpc) is 2.88. The molecule has 0 saturated heterocycles. The van der Waals surface area contributed by atoms with E-state index in [4.69, 9.17) is 16.3 Å². The summed E-state index contributed by atoms with van der Waals surface area (Å²) >= 11 is 7.39. The Bertz CT molecular complexity index is 884. The lowest BCUT2D eigenvalue weighted by atomic mass is 10.3. The maximum Gasteiger partial charge on any atom is 0.262 e. The first-order valence-electron chi connectivity index (χ1n) is 7.40. The van der Waals surface area contributed by atoms with E-state index in [1.165, 1.54) is 0 Å². The summed E-state index contributed by atoms with van der Waals surface area (Å²) in [4.78, 5) is 19.0. The molecule has 0 unspecified atom stereocenters. The van der Waals surface area contributed by atoms with E-state index >= 15 is 0 Å². The molecule has 0 amide bonds. The van der Waals surface area contributed by atoms with Gasteiger partial charge in [-0.25, -0.2) is 4.98 Å². The van der Waals surface area contributed by atoms with Gasteiger partial charge in [-0.2, -0.15) is 0 Å². The van der Waals surface area contributed by atoms with E-state index in [9.17, 15) is 4.79 Å². The van der Waals surface area contributed by atoms with Crippen LogP contribution in [0.3, 0.4) is 0 Å². The van der Waals surface area contributed by atoms with Crippen molar-refractivity contribution in [3.63, 3.8) is 0 Å². The second kappa shape index (κ2) is 6.72. The number of aromatic nitrogens is 2. The maximum atomic E-state index is 12.5. The molecule has 23 heavy (non-hydrogen) atoms. The fourth-order valence-electron chi connectivity index (χ4n) is 2.44. The second-order valence-corrected chi connectivity index (χ2v) is 7.02. The molecular formula is C17H17ClN2O2S. The molecule has 0 aliphatic rings. The van der Waals surface area contributed by atoms with E-state index in [2.05, 4.69) is 4.98 Å². The van der Waals surface area contributed by atoms with Crippen molar-refractivity contribution in [2.45, 2.75) is 26.8 Å². The van der Waals surface area contributed by atoms with Crippen molar-refractivity contribution in [2.24, 2.45) is 0 Å². The van der Waals surface area contributed by atoms with Gasteiger partial charge in [0.25, 0.3) is 5.56 Å². The highest BCUT2D eigenvalue weighted by Crippen LogP contribution is 2.20. The second-order valence-electron chi connectivity index (χ2n) is 5.35. The zero-order valence-electron chi connectivity index (χ0n) is 13.0. The highest BCUT2D eigenvalue weighted by Gasteiger charge is 2.10. The number of hydrogen-bond donors (Lipinski definition) is 0. The van der Waals surface area contributed by atoms with Crippen LogP contribution in [0.5, 0.6) is 5.75 Å². The Labute approximate surface area is 143 Å². The summed E-state index contributed by atoms with van der Waals surface area (Å²) in [6.07, 6.45) is 0.736. The fraction of sp³-hybridized carbons (Fsp3) is 0.294. The van der Waals surface area contributed by atoms with Crippen LogP contribution in [0.2, 0.25) is 5.02 Å². The highest BCUT2D eigenvalue weighted by molar-refractivity contribution is 7.18. The van der Waals surface area contributed by atoms with E-state index in [0.717, 1.165) is 27.7 Å². The summed E-state index contributed by atoms with van der Waals surface area (Å²) in [5, 5.41) is 1.39. The lowest BCUT2D eigenvalue weighted by Crippen LogP contribution is -2.24. The molecule has 120 valence electrons. The Morgan fingerprint density at radius 3 is 2.74 bits per heavy atom. The molecule has 2 aromatic heterocycles. The SMILES string of the molecule is Cc1cc2c(=O)n(CCCOc3ccc(Cl)cc3)c(C)nc2s1. The van der Waals surface area contributed by atoms with Crippen LogP contribution in [0.1, 0.15) is 17.1 Å². The van der Waals surface area contributed by atoms with Gasteiger partial charge in [-0.05, 0) is 50.6 Å². The van der Waals surface area contributed by atoms with Gasteiger partial charge in [-0.1, -0.05) is 11.6 Å². The monoisotopic (exact) mass is 348 g/mol. The molecule has 0 aliphatic carbocycles. The molecule has 0 radical (unpaired) electrons. The highest BCUT2D eigenvalue weighted by atomic mass is 35.5. The van der Waals surface area contributed by atoms with Crippen molar-refractivity contribution in [2.75, 3.05) is 6.61 Å². The molecule has 0 bridgehead atoms. The molecule has 6 heteroatoms. The molecule has 0 atom stereocenters. The van der Waals surface area contributed by atoms with Crippen LogP contribution < -0.4 is 10.3 Å². The van der Waals surface area contributed by atoms with E-state index in [0.29, 0.717) is 23.6 Å². The van der Waals surface area contributed by atoms with Gasteiger partial charge in [0.15, 0.2) is 0 Å². The number of nitrogens with zero attached hydrogens (tertiary/aromatic N) is 2. The van der Waals surface area contributed by atoms with Crippen LogP contribution in [0, 0.1) is 13.8 Å². The maximum absolute atomic E-state index is 12.5. The summed E-state index contributed by atoms with van der Waals surface area (Å²) in [5.41, 5.74) is 0.0309. The third-order valence-electron chi connectivity index (χ3n) is 3.57. The Morgan fingerprint density at radius 2 is 2.00 bits per heavy atom. The summed E-state index contributed by atoms with van der Waals surface area (Å²) in [6, 6.07) is 9.17. The molecule has 3 rings (SSSR count). The van der Waals surface area contributed by atoms with Gasteiger partial charge in [0.05, 0.1) is 12.0 Å². The average molecular weight is 349 g/mol. The van der Waals surface area contributed by atoms with Gasteiger partial charge in [0.2, 0.25) is 0 Å². The zero-order valence-corrected chi connectivity index (χ0v) is 14.6. The normalized spacial score (nSPS) is 11.1. The Balaban J connectivity index is 1.67. The van der Waals surface area contributed by atoms with Crippen LogP contribution in [-0.2, 0) is 6.54 Å². The van der Waals surface area contributed by atoms with Gasteiger partial charge in [0, 0.05) is 16.4 Å². The third-order valence-corrected chi connectivity index (χ3v) is 4.77. The summed E-state index contributed by atoms with van der Waals surface area (Å²) in [7, 11) is 0. The Kier molecular flexibility index (Phi) is 4.68. The van der Waals surface area contributed by atoms with Gasteiger partial charge in [0.1, 0.15) is 16.4 Å². The molecule has 0 N–H and O–H groups in total. The van der Waals surface area contributed by atoms with E-state index in [-0.39, 0.29) is 5.56 Å². The van der Waals surface area contributed by atoms with Crippen molar-refractivity contribution in [1.29, 1.82) is 0 Å². The number of ether oxygens (including phenoxy) is 1. The van der Waals surface area contributed by atoms with E-state index < -0.39 is 0 Å². The smallest absolute Gasteiger partial charge is 0.262 e. The van der Waals surface area contributed by atoms with Crippen molar-refractivity contribution in [3.8, 4) is 5.75 Å². The van der Waals surface area contributed by atoms with E-state index in [1.807, 2.05) is 32.0 Å². The minimum Gasteiger partial charge on any atom is -0.494 e. The van der Waals surface area contributed by atoms with Gasteiger partial charge >= 0.3 is 0 Å². The molecule has 0 saturated carbocycles. The Morgan fingerprint density at radius 1 is 1.26 bits per heavy atom. The lowest BCUT2D eigenvalue weighted by Gasteiger charge is -2.10. The number of hydrogen-bond acceptors (Lipinski definition) is 4. The molecule has 1 aromatic carbocycles. The van der Waals surface area contributed by atoms with Crippen LogP contribution in [0.25, 0.3) is 10.2 Å². The first-order chi connectivity index (χ1) is 11.0. The predicted octanol–water partition coefficient (Wildman–Crippen LogP) is 4.20. The third kappa shape index (κ3) is 3.57. The van der Waals surface area contributed by atoms with Crippen LogP contribution >= 0.6 is 22.9 Å². The minimum absolute atomic E-state index is 0.0309. The first kappa shape index (κ1) is 16.0. The fourth-order valence-corrected chi connectivity index (χ4v) is 3.49. The number of fused-ring (bicyclic) bond motifs is 1. The topological polar surface area (TPSA) is 44.1 Å². The van der Waals surface area contributed by atoms with Gasteiger partial charge in [-0.3, -0.25) is 9.36 Å². The molecule has 0 fully saturated rings. The van der Waals surface area contributed by atoms with Crippen LogP contribution in [-0.4, -0.2) is 16.2 Å². The van der Waals surface area contributed by atoms with Crippen molar-refractivity contribution in [1.82, 2.24) is 9.55 Å². The number of halogens is 1.